The second kappa shape index (κ2) is 7.36. The standard InChI is InChI=1S/C13H25NO4/c1-9(11(15)17-4)8-10(12(16)18-5)6-7-13(2,3)14/h9-10H,6-8,14H2,1-5H3/t9-,10?/m0/s1. The van der Waals surface area contributed by atoms with Gasteiger partial charge in [0.1, 0.15) is 0 Å². The topological polar surface area (TPSA) is 78.6 Å². The van der Waals surface area contributed by atoms with E-state index in [4.69, 9.17) is 10.5 Å². The second-order valence-electron chi connectivity index (χ2n) is 5.41. The number of hydrogen-bond donors (Lipinski definition) is 1. The van der Waals surface area contributed by atoms with Gasteiger partial charge in [-0.2, -0.15) is 0 Å². The Morgan fingerprint density at radius 2 is 1.67 bits per heavy atom. The van der Waals surface area contributed by atoms with Crippen molar-refractivity contribution in [2.24, 2.45) is 17.6 Å². The highest BCUT2D eigenvalue weighted by molar-refractivity contribution is 5.75. The quantitative estimate of drug-likeness (QED) is 0.701. The number of methoxy groups -OCH3 is 2. The van der Waals surface area contributed by atoms with Gasteiger partial charge in [-0.15, -0.1) is 0 Å². The first-order valence-corrected chi connectivity index (χ1v) is 6.15. The van der Waals surface area contributed by atoms with Crippen LogP contribution in [-0.4, -0.2) is 31.7 Å². The van der Waals surface area contributed by atoms with Crippen LogP contribution in [0.4, 0.5) is 0 Å². The maximum atomic E-state index is 11.7. The van der Waals surface area contributed by atoms with E-state index in [1.807, 2.05) is 13.8 Å². The van der Waals surface area contributed by atoms with Gasteiger partial charge in [0.05, 0.1) is 26.1 Å². The van der Waals surface area contributed by atoms with Gasteiger partial charge in [-0.3, -0.25) is 9.59 Å². The Hall–Kier alpha value is -1.10. The summed E-state index contributed by atoms with van der Waals surface area (Å²) in [5, 5.41) is 0. The smallest absolute Gasteiger partial charge is 0.308 e. The Bertz CT molecular complexity index is 283. The molecule has 106 valence electrons. The van der Waals surface area contributed by atoms with Crippen molar-refractivity contribution in [2.45, 2.75) is 45.6 Å². The van der Waals surface area contributed by atoms with Gasteiger partial charge in [0.25, 0.3) is 0 Å². The van der Waals surface area contributed by atoms with Crippen molar-refractivity contribution in [3.8, 4) is 0 Å². The predicted octanol–water partition coefficient (Wildman–Crippen LogP) is 1.49. The first kappa shape index (κ1) is 16.9. The first-order valence-electron chi connectivity index (χ1n) is 6.15. The summed E-state index contributed by atoms with van der Waals surface area (Å²) in [6, 6.07) is 0. The zero-order valence-electron chi connectivity index (χ0n) is 12.0. The number of nitrogens with two attached hydrogens (primary N) is 1. The molecule has 0 aromatic carbocycles. The Balaban J connectivity index is 4.50. The third-order valence-electron chi connectivity index (χ3n) is 2.91. The zero-order chi connectivity index (χ0) is 14.3. The number of rotatable bonds is 7. The third kappa shape index (κ3) is 6.59. The minimum atomic E-state index is -0.333. The molecule has 5 heteroatoms. The van der Waals surface area contributed by atoms with Crippen LogP contribution in [0.5, 0.6) is 0 Å². The maximum Gasteiger partial charge on any atom is 0.308 e. The maximum absolute atomic E-state index is 11.7. The average molecular weight is 259 g/mol. The fourth-order valence-electron chi connectivity index (χ4n) is 1.77. The summed E-state index contributed by atoms with van der Waals surface area (Å²) < 4.78 is 9.42. The summed E-state index contributed by atoms with van der Waals surface area (Å²) in [5.74, 6) is -1.24. The lowest BCUT2D eigenvalue weighted by Crippen LogP contribution is -2.33. The molecule has 0 amide bonds. The predicted molar refractivity (Wildman–Crippen MR) is 68.8 cm³/mol. The molecule has 0 bridgehead atoms. The number of esters is 2. The van der Waals surface area contributed by atoms with E-state index in [0.717, 1.165) is 0 Å². The summed E-state index contributed by atoms with van der Waals surface area (Å²) >= 11 is 0. The molecule has 0 saturated carbocycles. The Morgan fingerprint density at radius 3 is 2.06 bits per heavy atom. The number of carbonyl (C=O) groups excluding carboxylic acids is 2. The summed E-state index contributed by atoms with van der Waals surface area (Å²) in [6.45, 7) is 5.56. The van der Waals surface area contributed by atoms with E-state index in [2.05, 4.69) is 4.74 Å². The molecule has 0 heterocycles. The first-order chi connectivity index (χ1) is 8.21. The Kier molecular flexibility index (Phi) is 6.91. The van der Waals surface area contributed by atoms with Gasteiger partial charge in [-0.25, -0.2) is 0 Å². The van der Waals surface area contributed by atoms with Gasteiger partial charge in [0.2, 0.25) is 0 Å². The molecule has 5 nitrogen and oxygen atoms in total. The third-order valence-corrected chi connectivity index (χ3v) is 2.91. The molecule has 0 aliphatic heterocycles. The van der Waals surface area contributed by atoms with Crippen molar-refractivity contribution in [3.05, 3.63) is 0 Å². The van der Waals surface area contributed by atoms with Crippen LogP contribution in [0.25, 0.3) is 0 Å². The van der Waals surface area contributed by atoms with E-state index in [1.165, 1.54) is 14.2 Å². The summed E-state index contributed by atoms with van der Waals surface area (Å²) in [6.07, 6.45) is 1.73. The van der Waals surface area contributed by atoms with E-state index in [9.17, 15) is 9.59 Å². The average Bonchev–Trinajstić information content (AvgIpc) is 2.30. The molecule has 0 fully saturated rings. The lowest BCUT2D eigenvalue weighted by molar-refractivity contribution is -0.149. The molecule has 2 N–H and O–H groups in total. The van der Waals surface area contributed by atoms with Crippen molar-refractivity contribution >= 4 is 11.9 Å². The molecular formula is C13H25NO4. The molecule has 0 rings (SSSR count). The Morgan fingerprint density at radius 1 is 1.17 bits per heavy atom. The highest BCUT2D eigenvalue weighted by atomic mass is 16.5. The summed E-state index contributed by atoms with van der Waals surface area (Å²) in [4.78, 5) is 23.0. The Labute approximate surface area is 109 Å². The minimum absolute atomic E-state index is 0.296. The van der Waals surface area contributed by atoms with Crippen molar-refractivity contribution in [1.82, 2.24) is 0 Å². The van der Waals surface area contributed by atoms with E-state index < -0.39 is 0 Å². The van der Waals surface area contributed by atoms with Crippen molar-refractivity contribution in [1.29, 1.82) is 0 Å². The van der Waals surface area contributed by atoms with Crippen LogP contribution >= 0.6 is 0 Å². The molecule has 0 aromatic rings. The van der Waals surface area contributed by atoms with E-state index >= 15 is 0 Å². The van der Waals surface area contributed by atoms with Crippen molar-refractivity contribution in [2.75, 3.05) is 14.2 Å². The van der Waals surface area contributed by atoms with Crippen LogP contribution in [0.3, 0.4) is 0 Å². The van der Waals surface area contributed by atoms with Crippen LogP contribution in [0.1, 0.15) is 40.0 Å². The fraction of sp³-hybridized carbons (Fsp3) is 0.846. The molecule has 0 aliphatic carbocycles. The molecule has 0 aliphatic rings. The molecule has 0 saturated heterocycles. The molecule has 0 radical (unpaired) electrons. The van der Waals surface area contributed by atoms with E-state index in [1.54, 1.807) is 6.92 Å². The van der Waals surface area contributed by atoms with Gasteiger partial charge in [0.15, 0.2) is 0 Å². The van der Waals surface area contributed by atoms with Crippen LogP contribution < -0.4 is 5.73 Å². The zero-order valence-corrected chi connectivity index (χ0v) is 12.0. The largest absolute Gasteiger partial charge is 0.469 e. The highest BCUT2D eigenvalue weighted by Gasteiger charge is 2.27. The molecule has 2 atom stereocenters. The molecule has 18 heavy (non-hydrogen) atoms. The minimum Gasteiger partial charge on any atom is -0.469 e. The van der Waals surface area contributed by atoms with Gasteiger partial charge < -0.3 is 15.2 Å². The highest BCUT2D eigenvalue weighted by Crippen LogP contribution is 2.22. The molecule has 0 aromatic heterocycles. The number of hydrogen-bond acceptors (Lipinski definition) is 5. The molecule has 0 spiro atoms. The van der Waals surface area contributed by atoms with Crippen LogP contribution in [0, 0.1) is 11.8 Å². The summed E-state index contributed by atoms with van der Waals surface area (Å²) in [7, 11) is 2.70. The van der Waals surface area contributed by atoms with Crippen LogP contribution in [0.15, 0.2) is 0 Å². The number of carbonyl (C=O) groups is 2. The van der Waals surface area contributed by atoms with Crippen LogP contribution in [-0.2, 0) is 19.1 Å². The van der Waals surface area contributed by atoms with Crippen molar-refractivity contribution < 1.29 is 19.1 Å². The SMILES string of the molecule is COC(=O)C(CCC(C)(C)N)C[C@H](C)C(=O)OC. The monoisotopic (exact) mass is 259 g/mol. The lowest BCUT2D eigenvalue weighted by atomic mass is 9.87. The number of ether oxygens (including phenoxy) is 2. The molecule has 1 unspecified atom stereocenters. The van der Waals surface area contributed by atoms with Crippen LogP contribution in [0.2, 0.25) is 0 Å². The summed E-state index contributed by atoms with van der Waals surface area (Å²) in [5.41, 5.74) is 5.57. The van der Waals surface area contributed by atoms with E-state index in [0.29, 0.717) is 19.3 Å². The van der Waals surface area contributed by atoms with Crippen molar-refractivity contribution in [3.63, 3.8) is 0 Å². The lowest BCUT2D eigenvalue weighted by Gasteiger charge is -2.23. The van der Waals surface area contributed by atoms with E-state index in [-0.39, 0.29) is 29.3 Å². The second-order valence-corrected chi connectivity index (χ2v) is 5.41. The van der Waals surface area contributed by atoms with Gasteiger partial charge in [0, 0.05) is 5.54 Å². The van der Waals surface area contributed by atoms with Gasteiger partial charge in [-0.05, 0) is 33.1 Å². The fourth-order valence-corrected chi connectivity index (χ4v) is 1.77. The normalized spacial score (nSPS) is 14.8. The van der Waals surface area contributed by atoms with Gasteiger partial charge in [-0.1, -0.05) is 6.92 Å². The van der Waals surface area contributed by atoms with Gasteiger partial charge >= 0.3 is 11.9 Å². The molecular weight excluding hydrogens is 234 g/mol.